The fraction of sp³-hybridized carbons (Fsp3) is 0.783. The van der Waals surface area contributed by atoms with E-state index in [4.69, 9.17) is 0 Å². The number of thiol groups is 1. The highest BCUT2D eigenvalue weighted by Gasteiger charge is 2.24. The van der Waals surface area contributed by atoms with Crippen LogP contribution in [0.2, 0.25) is 0 Å². The van der Waals surface area contributed by atoms with Crippen LogP contribution in [-0.4, -0.2) is 58.5 Å². The van der Waals surface area contributed by atoms with Crippen LogP contribution < -0.4 is 10.6 Å². The average molecular weight is 489 g/mol. The van der Waals surface area contributed by atoms with E-state index >= 15 is 0 Å². The molecule has 9 heteroatoms. The molecule has 0 aromatic carbocycles. The van der Waals surface area contributed by atoms with Gasteiger partial charge in [-0.3, -0.25) is 19.2 Å². The summed E-state index contributed by atoms with van der Waals surface area (Å²) in [6.45, 7) is 6.51. The second-order valence-corrected chi connectivity index (χ2v) is 9.93. The highest BCUT2D eigenvalue weighted by molar-refractivity contribution is 7.99. The molecule has 3 atom stereocenters. The van der Waals surface area contributed by atoms with Crippen LogP contribution in [0.25, 0.3) is 0 Å². The Hall–Kier alpha value is -1.35. The van der Waals surface area contributed by atoms with Gasteiger partial charge in [-0.2, -0.15) is 24.4 Å². The van der Waals surface area contributed by atoms with Crippen LogP contribution >= 0.6 is 24.4 Å². The summed E-state index contributed by atoms with van der Waals surface area (Å²) in [6, 6.07) is -1.26. The van der Waals surface area contributed by atoms with Crippen molar-refractivity contribution in [3.05, 3.63) is 0 Å². The third kappa shape index (κ3) is 15.5. The number of amides is 2. The fourth-order valence-corrected chi connectivity index (χ4v) is 4.00. The van der Waals surface area contributed by atoms with Crippen LogP contribution in [-0.2, 0) is 24.0 Å². The molecule has 0 aromatic rings. The lowest BCUT2D eigenvalue weighted by molar-refractivity contribution is -0.132. The van der Waals surface area contributed by atoms with E-state index in [0.717, 1.165) is 25.0 Å². The van der Waals surface area contributed by atoms with E-state index in [-0.39, 0.29) is 35.6 Å². The van der Waals surface area contributed by atoms with Crippen LogP contribution in [0.1, 0.15) is 79.1 Å². The summed E-state index contributed by atoms with van der Waals surface area (Å²) < 4.78 is 0. The molecule has 2 amide bonds. The molecule has 2 N–H and O–H groups in total. The van der Waals surface area contributed by atoms with E-state index in [1.165, 1.54) is 0 Å². The molecular formula is C23H40N2O5S2. The predicted molar refractivity (Wildman–Crippen MR) is 133 cm³/mol. The molecule has 0 bridgehead atoms. The van der Waals surface area contributed by atoms with Gasteiger partial charge in [-0.05, 0) is 51.5 Å². The minimum Gasteiger partial charge on any atom is -0.347 e. The van der Waals surface area contributed by atoms with Crippen molar-refractivity contribution in [3.8, 4) is 0 Å². The Balaban J connectivity index is 4.12. The molecule has 32 heavy (non-hydrogen) atoms. The molecule has 0 fully saturated rings. The van der Waals surface area contributed by atoms with Gasteiger partial charge in [0.15, 0.2) is 11.6 Å². The molecule has 0 saturated carbocycles. The minimum atomic E-state index is -0.656. The Bertz CT molecular complexity index is 628. The summed E-state index contributed by atoms with van der Waals surface area (Å²) >= 11 is 5.76. The minimum absolute atomic E-state index is 0.000237. The van der Waals surface area contributed by atoms with E-state index in [0.29, 0.717) is 37.2 Å². The fourth-order valence-electron chi connectivity index (χ4n) is 2.89. The second kappa shape index (κ2) is 18.1. The Labute approximate surface area is 202 Å². The van der Waals surface area contributed by atoms with E-state index in [1.807, 2.05) is 0 Å². The number of carbonyl (C=O) groups excluding carboxylic acids is 5. The third-order valence-corrected chi connectivity index (χ3v) is 6.42. The van der Waals surface area contributed by atoms with Gasteiger partial charge in [-0.1, -0.05) is 13.3 Å². The van der Waals surface area contributed by atoms with Crippen LogP contribution in [0.3, 0.4) is 0 Å². The summed E-state index contributed by atoms with van der Waals surface area (Å²) in [5.74, 6) is 1.09. The molecule has 0 rings (SSSR count). The smallest absolute Gasteiger partial charge is 0.223 e. The van der Waals surface area contributed by atoms with Gasteiger partial charge in [0.2, 0.25) is 11.8 Å². The SMILES string of the molecule is CC(=O)CCCCCSCCC(=O)C(C)NC(=O)C(C)CC(=O)C(C)NC(=O)CCCS. The highest BCUT2D eigenvalue weighted by atomic mass is 32.2. The van der Waals surface area contributed by atoms with Crippen molar-refractivity contribution in [1.29, 1.82) is 0 Å². The molecule has 0 aliphatic carbocycles. The van der Waals surface area contributed by atoms with E-state index in [9.17, 15) is 24.0 Å². The quantitative estimate of drug-likeness (QED) is 0.190. The summed E-state index contributed by atoms with van der Waals surface area (Å²) in [5.41, 5.74) is 0. The molecule has 0 aliphatic rings. The number of ketones is 3. The van der Waals surface area contributed by atoms with E-state index < -0.39 is 18.0 Å². The van der Waals surface area contributed by atoms with Gasteiger partial charge in [0.25, 0.3) is 0 Å². The summed E-state index contributed by atoms with van der Waals surface area (Å²) in [5, 5.41) is 5.34. The standard InChI is InChI=1S/C23H40N2O5S2/c1-16(15-21(28)19(4)24-22(29)10-8-12-31)23(30)25-18(3)20(27)11-14-32-13-7-5-6-9-17(2)26/h16,18-19,31H,5-15H2,1-4H3,(H,24,29)(H,25,30). The monoisotopic (exact) mass is 488 g/mol. The molecular weight excluding hydrogens is 448 g/mol. The normalized spacial score (nSPS) is 13.7. The van der Waals surface area contributed by atoms with Crippen molar-refractivity contribution < 1.29 is 24.0 Å². The zero-order valence-corrected chi connectivity index (χ0v) is 21.6. The average Bonchev–Trinajstić information content (AvgIpc) is 2.73. The summed E-state index contributed by atoms with van der Waals surface area (Å²) in [7, 11) is 0. The summed E-state index contributed by atoms with van der Waals surface area (Å²) in [6.07, 6.45) is 4.92. The number of nitrogens with one attached hydrogen (secondary N) is 2. The van der Waals surface area contributed by atoms with Crippen LogP contribution in [0, 0.1) is 5.92 Å². The second-order valence-electron chi connectivity index (χ2n) is 8.26. The van der Waals surface area contributed by atoms with Crippen LogP contribution in [0.15, 0.2) is 0 Å². The van der Waals surface area contributed by atoms with Gasteiger partial charge in [-0.25, -0.2) is 0 Å². The Morgan fingerprint density at radius 3 is 2.06 bits per heavy atom. The highest BCUT2D eigenvalue weighted by Crippen LogP contribution is 2.11. The molecule has 0 heterocycles. The van der Waals surface area contributed by atoms with Crippen molar-refractivity contribution in [2.24, 2.45) is 5.92 Å². The topological polar surface area (TPSA) is 109 Å². The molecule has 3 unspecified atom stereocenters. The van der Waals surface area contributed by atoms with Gasteiger partial charge < -0.3 is 15.4 Å². The number of carbonyl (C=O) groups is 5. The number of hydrogen-bond donors (Lipinski definition) is 3. The van der Waals surface area contributed by atoms with E-state index in [2.05, 4.69) is 23.3 Å². The number of unbranched alkanes of at least 4 members (excludes halogenated alkanes) is 2. The Morgan fingerprint density at radius 1 is 0.781 bits per heavy atom. The zero-order chi connectivity index (χ0) is 24.5. The lowest BCUT2D eigenvalue weighted by Crippen LogP contribution is -2.43. The van der Waals surface area contributed by atoms with Crippen molar-refractivity contribution in [1.82, 2.24) is 10.6 Å². The number of hydrogen-bond acceptors (Lipinski definition) is 7. The van der Waals surface area contributed by atoms with Crippen LogP contribution in [0.5, 0.6) is 0 Å². The molecule has 0 aliphatic heterocycles. The molecule has 0 spiro atoms. The first-order valence-electron chi connectivity index (χ1n) is 11.4. The number of Topliss-reactive ketones (excluding diaryl/α,β-unsaturated/α-hetero) is 3. The maximum Gasteiger partial charge on any atom is 0.223 e. The van der Waals surface area contributed by atoms with Crippen LogP contribution in [0.4, 0.5) is 0 Å². The third-order valence-electron chi connectivity index (χ3n) is 5.03. The lowest BCUT2D eigenvalue weighted by atomic mass is 9.99. The van der Waals surface area contributed by atoms with Gasteiger partial charge in [0.1, 0.15) is 5.78 Å². The number of thioether (sulfide) groups is 1. The zero-order valence-electron chi connectivity index (χ0n) is 19.9. The Kier molecular flexibility index (Phi) is 17.4. The molecule has 0 radical (unpaired) electrons. The lowest BCUT2D eigenvalue weighted by Gasteiger charge is -2.18. The van der Waals surface area contributed by atoms with Crippen molar-refractivity contribution >= 4 is 53.6 Å². The van der Waals surface area contributed by atoms with Gasteiger partial charge in [0.05, 0.1) is 12.1 Å². The molecule has 0 saturated heterocycles. The first-order chi connectivity index (χ1) is 15.1. The van der Waals surface area contributed by atoms with Gasteiger partial charge in [0, 0.05) is 37.4 Å². The van der Waals surface area contributed by atoms with Crippen molar-refractivity contribution in [3.63, 3.8) is 0 Å². The first kappa shape index (κ1) is 30.6. The Morgan fingerprint density at radius 2 is 1.44 bits per heavy atom. The van der Waals surface area contributed by atoms with Gasteiger partial charge in [-0.15, -0.1) is 0 Å². The predicted octanol–water partition coefficient (Wildman–Crippen LogP) is 3.14. The molecule has 7 nitrogen and oxygen atoms in total. The summed E-state index contributed by atoms with van der Waals surface area (Å²) in [4.78, 5) is 59.5. The first-order valence-corrected chi connectivity index (χ1v) is 13.2. The maximum atomic E-state index is 12.4. The number of rotatable bonds is 19. The van der Waals surface area contributed by atoms with E-state index in [1.54, 1.807) is 39.5 Å². The maximum absolute atomic E-state index is 12.4. The largest absolute Gasteiger partial charge is 0.347 e. The van der Waals surface area contributed by atoms with Crippen molar-refractivity contribution in [2.75, 3.05) is 17.3 Å². The molecule has 184 valence electrons. The van der Waals surface area contributed by atoms with Gasteiger partial charge >= 0.3 is 0 Å². The van der Waals surface area contributed by atoms with Crippen molar-refractivity contribution in [2.45, 2.75) is 91.1 Å². The molecule has 0 aromatic heterocycles.